The van der Waals surface area contributed by atoms with Crippen LogP contribution < -0.4 is 0 Å². The lowest BCUT2D eigenvalue weighted by molar-refractivity contribution is 0.161. The maximum atomic E-state index is 13.0. The molecule has 0 bridgehead atoms. The highest BCUT2D eigenvalue weighted by Crippen LogP contribution is 2.24. The van der Waals surface area contributed by atoms with E-state index in [1.54, 1.807) is 16.4 Å². The second-order valence-corrected chi connectivity index (χ2v) is 9.30. The van der Waals surface area contributed by atoms with Crippen LogP contribution in [0.5, 0.6) is 0 Å². The molecule has 0 aromatic heterocycles. The van der Waals surface area contributed by atoms with Crippen molar-refractivity contribution in [2.75, 3.05) is 32.7 Å². The average molecular weight is 371 g/mol. The van der Waals surface area contributed by atoms with E-state index >= 15 is 0 Å². The molecule has 1 atom stereocenters. The topological polar surface area (TPSA) is 40.6 Å². The minimum absolute atomic E-state index is 0.405. The van der Waals surface area contributed by atoms with Crippen LogP contribution in [0.2, 0.25) is 0 Å². The molecule has 1 unspecified atom stereocenters. The summed E-state index contributed by atoms with van der Waals surface area (Å²) in [5, 5.41) is 2.04. The van der Waals surface area contributed by atoms with Crippen molar-refractivity contribution in [3.05, 3.63) is 54.6 Å². The van der Waals surface area contributed by atoms with Crippen LogP contribution in [-0.4, -0.2) is 50.3 Å². The van der Waals surface area contributed by atoms with E-state index in [0.29, 0.717) is 18.0 Å². The van der Waals surface area contributed by atoms with Crippen LogP contribution in [0.15, 0.2) is 59.5 Å². The number of fused-ring (bicyclic) bond motifs is 1. The third-order valence-electron chi connectivity index (χ3n) is 5.58. The maximum absolute atomic E-state index is 13.0. The summed E-state index contributed by atoms with van der Waals surface area (Å²) < 4.78 is 27.7. The number of rotatable bonds is 4. The molecular weight excluding hydrogens is 344 g/mol. The van der Waals surface area contributed by atoms with Crippen molar-refractivity contribution in [2.45, 2.75) is 24.2 Å². The smallest absolute Gasteiger partial charge is 0.243 e. The van der Waals surface area contributed by atoms with Crippen molar-refractivity contribution in [3.8, 4) is 0 Å². The molecule has 0 spiro atoms. The molecule has 1 fully saturated rings. The number of hydrogen-bond acceptors (Lipinski definition) is 3. The lowest BCUT2D eigenvalue weighted by Crippen LogP contribution is -2.49. The first-order valence-corrected chi connectivity index (χ1v) is 10.9. The Bertz CT molecular complexity index is 899. The summed E-state index contributed by atoms with van der Waals surface area (Å²) in [6.07, 6.45) is 8.15. The van der Waals surface area contributed by atoms with E-state index in [-0.39, 0.29) is 0 Å². The summed E-state index contributed by atoms with van der Waals surface area (Å²) in [7, 11) is -3.41. The third-order valence-corrected chi connectivity index (χ3v) is 7.48. The number of sulfonamides is 1. The van der Waals surface area contributed by atoms with E-state index in [9.17, 15) is 8.42 Å². The fourth-order valence-electron chi connectivity index (χ4n) is 4.02. The normalized spacial score (nSPS) is 22.7. The number of nitrogens with zero attached hydrogens (tertiary/aromatic N) is 2. The van der Waals surface area contributed by atoms with E-state index in [0.717, 1.165) is 42.7 Å². The molecule has 26 heavy (non-hydrogen) atoms. The lowest BCUT2D eigenvalue weighted by Gasteiger charge is -2.36. The van der Waals surface area contributed by atoms with E-state index in [1.165, 1.54) is 12.8 Å². The van der Waals surface area contributed by atoms with Gasteiger partial charge in [0.25, 0.3) is 0 Å². The minimum atomic E-state index is -3.41. The number of piperazine rings is 1. The Kier molecular flexibility index (Phi) is 5.11. The van der Waals surface area contributed by atoms with E-state index < -0.39 is 10.0 Å². The molecule has 4 rings (SSSR count). The Balaban J connectivity index is 1.43. The van der Waals surface area contributed by atoms with Gasteiger partial charge in [0.05, 0.1) is 4.90 Å². The van der Waals surface area contributed by atoms with Crippen molar-refractivity contribution in [1.82, 2.24) is 9.21 Å². The molecule has 2 aromatic rings. The number of benzene rings is 2. The van der Waals surface area contributed by atoms with Gasteiger partial charge in [-0.15, -0.1) is 0 Å². The van der Waals surface area contributed by atoms with Crippen molar-refractivity contribution in [2.24, 2.45) is 5.92 Å². The van der Waals surface area contributed by atoms with Crippen LogP contribution in [0, 0.1) is 5.92 Å². The van der Waals surface area contributed by atoms with Crippen molar-refractivity contribution >= 4 is 20.8 Å². The summed E-state index contributed by atoms with van der Waals surface area (Å²) in [5.74, 6) is 0.726. The van der Waals surface area contributed by atoms with Gasteiger partial charge in [-0.05, 0) is 48.1 Å². The van der Waals surface area contributed by atoms with E-state index in [2.05, 4.69) is 17.1 Å². The summed E-state index contributed by atoms with van der Waals surface area (Å²) >= 11 is 0. The molecule has 0 radical (unpaired) electrons. The second kappa shape index (κ2) is 7.51. The molecule has 5 heteroatoms. The van der Waals surface area contributed by atoms with Gasteiger partial charge >= 0.3 is 0 Å². The van der Waals surface area contributed by atoms with Crippen LogP contribution in [0.25, 0.3) is 10.8 Å². The fraction of sp³-hybridized carbons (Fsp3) is 0.429. The highest BCUT2D eigenvalue weighted by Gasteiger charge is 2.29. The van der Waals surface area contributed by atoms with Crippen LogP contribution in [0.4, 0.5) is 0 Å². The van der Waals surface area contributed by atoms with Crippen molar-refractivity contribution in [1.29, 1.82) is 0 Å². The molecule has 1 heterocycles. The first-order valence-electron chi connectivity index (χ1n) is 9.49. The number of hydrogen-bond donors (Lipinski definition) is 0. The standard InChI is InChI=1S/C21H26N2O2S/c24-26(25,21-11-10-19-8-4-5-9-20(19)16-21)23-14-12-22(13-15-23)17-18-6-2-1-3-7-18/h1-2,4-5,8-11,16,18H,3,6-7,12-15,17H2. The molecule has 1 aliphatic heterocycles. The Morgan fingerprint density at radius 2 is 1.69 bits per heavy atom. The van der Waals surface area contributed by atoms with E-state index in [4.69, 9.17) is 0 Å². The molecule has 1 saturated heterocycles. The summed E-state index contributed by atoms with van der Waals surface area (Å²) in [6.45, 7) is 3.91. The third kappa shape index (κ3) is 3.70. The predicted molar refractivity (Wildman–Crippen MR) is 106 cm³/mol. The largest absolute Gasteiger partial charge is 0.300 e. The molecule has 0 amide bonds. The average Bonchev–Trinajstić information content (AvgIpc) is 2.69. The van der Waals surface area contributed by atoms with Gasteiger partial charge in [-0.25, -0.2) is 8.42 Å². The van der Waals surface area contributed by atoms with Gasteiger partial charge in [0.15, 0.2) is 0 Å². The maximum Gasteiger partial charge on any atom is 0.243 e. The molecule has 0 N–H and O–H groups in total. The highest BCUT2D eigenvalue weighted by atomic mass is 32.2. The summed E-state index contributed by atoms with van der Waals surface area (Å²) in [4.78, 5) is 2.83. The molecule has 0 saturated carbocycles. The van der Waals surface area contributed by atoms with Crippen LogP contribution in [-0.2, 0) is 10.0 Å². The zero-order valence-corrected chi connectivity index (χ0v) is 15.9. The molecular formula is C21H26N2O2S. The number of allylic oxidation sites excluding steroid dienone is 2. The van der Waals surface area contributed by atoms with Gasteiger partial charge in [-0.2, -0.15) is 4.31 Å². The Morgan fingerprint density at radius 1 is 0.923 bits per heavy atom. The van der Waals surface area contributed by atoms with Gasteiger partial charge in [0, 0.05) is 32.7 Å². The van der Waals surface area contributed by atoms with E-state index in [1.807, 2.05) is 30.3 Å². The lowest BCUT2D eigenvalue weighted by atomic mass is 9.94. The fourth-order valence-corrected chi connectivity index (χ4v) is 5.47. The first kappa shape index (κ1) is 17.7. The second-order valence-electron chi connectivity index (χ2n) is 7.36. The van der Waals surface area contributed by atoms with Gasteiger partial charge in [-0.1, -0.05) is 42.5 Å². The molecule has 1 aliphatic carbocycles. The van der Waals surface area contributed by atoms with Crippen LogP contribution in [0.1, 0.15) is 19.3 Å². The predicted octanol–water partition coefficient (Wildman–Crippen LogP) is 3.50. The van der Waals surface area contributed by atoms with Crippen molar-refractivity contribution < 1.29 is 8.42 Å². The molecule has 2 aliphatic rings. The Morgan fingerprint density at radius 3 is 2.42 bits per heavy atom. The molecule has 138 valence electrons. The van der Waals surface area contributed by atoms with Gasteiger partial charge in [0.1, 0.15) is 0 Å². The molecule has 4 nitrogen and oxygen atoms in total. The SMILES string of the molecule is O=S(=O)(c1ccc2ccccc2c1)N1CCN(CC2CC=CCC2)CC1. The Labute approximate surface area is 156 Å². The zero-order valence-electron chi connectivity index (χ0n) is 15.0. The highest BCUT2D eigenvalue weighted by molar-refractivity contribution is 7.89. The van der Waals surface area contributed by atoms with Crippen LogP contribution >= 0.6 is 0 Å². The summed E-state index contributed by atoms with van der Waals surface area (Å²) in [6, 6.07) is 13.3. The summed E-state index contributed by atoms with van der Waals surface area (Å²) in [5.41, 5.74) is 0. The first-order chi connectivity index (χ1) is 12.6. The van der Waals surface area contributed by atoms with Crippen LogP contribution in [0.3, 0.4) is 0 Å². The quantitative estimate of drug-likeness (QED) is 0.774. The van der Waals surface area contributed by atoms with Gasteiger partial charge < -0.3 is 4.90 Å². The zero-order chi connectivity index (χ0) is 18.0. The van der Waals surface area contributed by atoms with Gasteiger partial charge in [-0.3, -0.25) is 0 Å². The van der Waals surface area contributed by atoms with Gasteiger partial charge in [0.2, 0.25) is 10.0 Å². The minimum Gasteiger partial charge on any atom is -0.300 e. The monoisotopic (exact) mass is 370 g/mol. The Hall–Kier alpha value is -1.69. The van der Waals surface area contributed by atoms with Crippen molar-refractivity contribution in [3.63, 3.8) is 0 Å². The molecule has 2 aromatic carbocycles.